The minimum atomic E-state index is -0.671. The highest BCUT2D eigenvalue weighted by molar-refractivity contribution is 9.10. The predicted octanol–water partition coefficient (Wildman–Crippen LogP) is 2.58. The normalized spacial score (nSPS) is 10.8. The number of hydrogen-bond donors (Lipinski definition) is 2. The summed E-state index contributed by atoms with van der Waals surface area (Å²) >= 11 is 2.84. The largest absolute Gasteiger partial charge is 0.325 e. The molecule has 6 heteroatoms. The van der Waals surface area contributed by atoms with Gasteiger partial charge in [0.15, 0.2) is 0 Å². The molecular formula is C10H8BrF2N3. The average molecular weight is 288 g/mol. The fourth-order valence-electron chi connectivity index (χ4n) is 1.33. The number of rotatable bonds is 2. The van der Waals surface area contributed by atoms with E-state index in [1.54, 1.807) is 6.07 Å². The number of H-pyrrole nitrogens is 1. The minimum absolute atomic E-state index is 0.192. The lowest BCUT2D eigenvalue weighted by Crippen LogP contribution is -1.95. The minimum Gasteiger partial charge on any atom is -0.325 e. The molecule has 0 aliphatic carbocycles. The summed E-state index contributed by atoms with van der Waals surface area (Å²) in [6.07, 6.45) is 0. The van der Waals surface area contributed by atoms with E-state index in [9.17, 15) is 8.78 Å². The summed E-state index contributed by atoms with van der Waals surface area (Å²) in [4.78, 5) is 0. The van der Waals surface area contributed by atoms with Crippen LogP contribution in [0.5, 0.6) is 0 Å². The van der Waals surface area contributed by atoms with Gasteiger partial charge in [-0.15, -0.1) is 0 Å². The quantitative estimate of drug-likeness (QED) is 0.834. The first-order valence-electron chi connectivity index (χ1n) is 4.51. The third kappa shape index (κ3) is 1.85. The van der Waals surface area contributed by atoms with Crippen LogP contribution in [0.15, 0.2) is 22.7 Å². The van der Waals surface area contributed by atoms with E-state index < -0.39 is 11.6 Å². The van der Waals surface area contributed by atoms with Gasteiger partial charge >= 0.3 is 0 Å². The first-order chi connectivity index (χ1) is 7.63. The van der Waals surface area contributed by atoms with Gasteiger partial charge in [0, 0.05) is 17.8 Å². The van der Waals surface area contributed by atoms with Crippen LogP contribution in [0.2, 0.25) is 0 Å². The Morgan fingerprint density at radius 1 is 1.38 bits per heavy atom. The van der Waals surface area contributed by atoms with Crippen molar-refractivity contribution in [1.29, 1.82) is 0 Å². The van der Waals surface area contributed by atoms with Gasteiger partial charge in [-0.3, -0.25) is 5.10 Å². The third-order valence-corrected chi connectivity index (χ3v) is 2.89. The molecule has 3 nitrogen and oxygen atoms in total. The van der Waals surface area contributed by atoms with E-state index in [1.165, 1.54) is 12.1 Å². The molecule has 0 fully saturated rings. The summed E-state index contributed by atoms with van der Waals surface area (Å²) in [6, 6.07) is 4.15. The van der Waals surface area contributed by atoms with Crippen molar-refractivity contribution in [2.75, 3.05) is 0 Å². The van der Waals surface area contributed by atoms with Crippen molar-refractivity contribution >= 4 is 15.9 Å². The van der Waals surface area contributed by atoms with E-state index in [1.807, 2.05) is 0 Å². The Morgan fingerprint density at radius 3 is 2.75 bits per heavy atom. The maximum Gasteiger partial charge on any atom is 0.149 e. The van der Waals surface area contributed by atoms with Gasteiger partial charge in [-0.1, -0.05) is 0 Å². The molecule has 3 N–H and O–H groups in total. The average Bonchev–Trinajstić information content (AvgIpc) is 2.74. The Morgan fingerprint density at radius 2 is 2.12 bits per heavy atom. The van der Waals surface area contributed by atoms with Gasteiger partial charge in [0.2, 0.25) is 0 Å². The molecule has 0 radical (unpaired) electrons. The monoisotopic (exact) mass is 287 g/mol. The number of nitrogens with zero attached hydrogens (tertiary/aromatic N) is 1. The van der Waals surface area contributed by atoms with Crippen molar-refractivity contribution in [3.8, 4) is 11.3 Å². The van der Waals surface area contributed by atoms with Crippen LogP contribution < -0.4 is 5.73 Å². The van der Waals surface area contributed by atoms with Crippen molar-refractivity contribution in [2.45, 2.75) is 6.54 Å². The highest BCUT2D eigenvalue weighted by atomic mass is 79.9. The Kier molecular flexibility index (Phi) is 3.02. The number of nitrogens with two attached hydrogens (primary N) is 1. The molecule has 0 aliphatic rings. The molecule has 0 unspecified atom stereocenters. The number of hydrogen-bond acceptors (Lipinski definition) is 2. The van der Waals surface area contributed by atoms with Crippen LogP contribution in [0.1, 0.15) is 5.69 Å². The maximum atomic E-state index is 13.7. The predicted molar refractivity (Wildman–Crippen MR) is 59.5 cm³/mol. The second-order valence-electron chi connectivity index (χ2n) is 3.21. The van der Waals surface area contributed by atoms with Crippen LogP contribution in [0.25, 0.3) is 11.3 Å². The van der Waals surface area contributed by atoms with Crippen LogP contribution in [-0.4, -0.2) is 10.2 Å². The second kappa shape index (κ2) is 4.31. The Bertz CT molecular complexity index is 525. The standard InChI is InChI=1S/C10H8BrF2N3/c11-9-7(12)2-1-6(10(9)13)8-3-5(4-14)15-16-8/h1-3H,4,14H2,(H,15,16). The number of nitrogens with one attached hydrogen (secondary N) is 1. The number of aromatic amines is 1. The number of halogens is 3. The van der Waals surface area contributed by atoms with Gasteiger partial charge < -0.3 is 5.73 Å². The van der Waals surface area contributed by atoms with Crippen LogP contribution in [0.3, 0.4) is 0 Å². The van der Waals surface area contributed by atoms with Crippen molar-refractivity contribution in [3.63, 3.8) is 0 Å². The van der Waals surface area contributed by atoms with Gasteiger partial charge in [-0.25, -0.2) is 8.78 Å². The maximum absolute atomic E-state index is 13.7. The molecule has 0 aliphatic heterocycles. The zero-order valence-corrected chi connectivity index (χ0v) is 9.68. The molecule has 1 heterocycles. The second-order valence-corrected chi connectivity index (χ2v) is 4.00. The zero-order chi connectivity index (χ0) is 11.7. The van der Waals surface area contributed by atoms with E-state index in [2.05, 4.69) is 26.1 Å². The Balaban J connectivity index is 2.52. The molecule has 0 atom stereocenters. The lowest BCUT2D eigenvalue weighted by Gasteiger charge is -2.01. The molecule has 0 amide bonds. The Labute approximate surface area is 98.8 Å². The van der Waals surface area contributed by atoms with Crippen LogP contribution in [-0.2, 0) is 6.54 Å². The fraction of sp³-hybridized carbons (Fsp3) is 0.100. The summed E-state index contributed by atoms with van der Waals surface area (Å²) in [5.74, 6) is -1.31. The first kappa shape index (κ1) is 11.2. The Hall–Kier alpha value is -1.27. The highest BCUT2D eigenvalue weighted by Crippen LogP contribution is 2.28. The third-order valence-electron chi connectivity index (χ3n) is 2.16. The van der Waals surface area contributed by atoms with E-state index in [-0.39, 0.29) is 16.6 Å². The van der Waals surface area contributed by atoms with Gasteiger partial charge in [-0.2, -0.15) is 5.10 Å². The molecule has 1 aromatic carbocycles. The molecule has 0 saturated carbocycles. The molecule has 0 spiro atoms. The fourth-order valence-corrected chi connectivity index (χ4v) is 1.67. The molecule has 2 aromatic rings. The van der Waals surface area contributed by atoms with E-state index >= 15 is 0 Å². The van der Waals surface area contributed by atoms with Gasteiger partial charge in [-0.05, 0) is 34.1 Å². The first-order valence-corrected chi connectivity index (χ1v) is 5.31. The van der Waals surface area contributed by atoms with E-state index in [0.717, 1.165) is 0 Å². The lowest BCUT2D eigenvalue weighted by molar-refractivity contribution is 0.574. The molecule has 0 saturated heterocycles. The topological polar surface area (TPSA) is 54.7 Å². The molecular weight excluding hydrogens is 280 g/mol. The summed E-state index contributed by atoms with van der Waals surface area (Å²) in [5, 5.41) is 6.57. The van der Waals surface area contributed by atoms with Crippen molar-refractivity contribution in [2.24, 2.45) is 5.73 Å². The smallest absolute Gasteiger partial charge is 0.149 e. The molecule has 0 bridgehead atoms. The summed E-state index contributed by atoms with van der Waals surface area (Å²) < 4.78 is 26.5. The van der Waals surface area contributed by atoms with Crippen LogP contribution >= 0.6 is 15.9 Å². The van der Waals surface area contributed by atoms with Gasteiger partial charge in [0.1, 0.15) is 11.6 Å². The molecule has 1 aromatic heterocycles. The molecule has 16 heavy (non-hydrogen) atoms. The van der Waals surface area contributed by atoms with Gasteiger partial charge in [0.05, 0.1) is 10.2 Å². The zero-order valence-electron chi connectivity index (χ0n) is 8.10. The van der Waals surface area contributed by atoms with Crippen LogP contribution in [0, 0.1) is 11.6 Å². The van der Waals surface area contributed by atoms with E-state index in [4.69, 9.17) is 5.73 Å². The lowest BCUT2D eigenvalue weighted by atomic mass is 10.1. The van der Waals surface area contributed by atoms with Crippen molar-refractivity contribution < 1.29 is 8.78 Å². The van der Waals surface area contributed by atoms with Crippen molar-refractivity contribution in [3.05, 3.63) is 40.0 Å². The van der Waals surface area contributed by atoms with Gasteiger partial charge in [0.25, 0.3) is 0 Å². The number of aromatic nitrogens is 2. The summed E-state index contributed by atoms with van der Waals surface area (Å²) in [6.45, 7) is 0.289. The van der Waals surface area contributed by atoms with Crippen molar-refractivity contribution in [1.82, 2.24) is 10.2 Å². The molecule has 84 valence electrons. The van der Waals surface area contributed by atoms with Crippen LogP contribution in [0.4, 0.5) is 8.78 Å². The molecule has 2 rings (SSSR count). The number of benzene rings is 1. The summed E-state index contributed by atoms with van der Waals surface area (Å²) in [7, 11) is 0. The summed E-state index contributed by atoms with van der Waals surface area (Å²) in [5.41, 5.74) is 6.72. The van der Waals surface area contributed by atoms with E-state index in [0.29, 0.717) is 11.4 Å². The highest BCUT2D eigenvalue weighted by Gasteiger charge is 2.14. The SMILES string of the molecule is NCc1cc(-c2ccc(F)c(Br)c2F)n[nH]1.